The van der Waals surface area contributed by atoms with Crippen LogP contribution in [0, 0.1) is 5.92 Å². The van der Waals surface area contributed by atoms with Gasteiger partial charge in [0.05, 0.1) is 5.92 Å². The first-order valence-electron chi connectivity index (χ1n) is 9.88. The lowest BCUT2D eigenvalue weighted by Crippen LogP contribution is -2.53. The lowest BCUT2D eigenvalue weighted by atomic mass is 9.90. The predicted molar refractivity (Wildman–Crippen MR) is 113 cm³/mol. The maximum absolute atomic E-state index is 13.0. The molecule has 0 heterocycles. The molecule has 0 spiro atoms. The Hall–Kier alpha value is -3.19. The van der Waals surface area contributed by atoms with Gasteiger partial charge in [0.15, 0.2) is 0 Å². The van der Waals surface area contributed by atoms with E-state index < -0.39 is 29.9 Å². The number of amides is 1. The van der Waals surface area contributed by atoms with Crippen molar-refractivity contribution >= 4 is 17.8 Å². The van der Waals surface area contributed by atoms with Gasteiger partial charge in [0, 0.05) is 6.54 Å². The zero-order valence-electron chi connectivity index (χ0n) is 17.1. The standard InChI is InChI=1S/C23H28N2O5/c1-15(2)13-18(22(27)28)25-19(23(29)30)14-24-21(26)20(16-9-5-3-6-10-16)17-11-7-4-8-12-17/h3-12,15,18-20,25H,13-14H2,1-2H3,(H,24,26)(H,27,28)(H,29,30)/t18-,19?/m0/s1. The first-order chi connectivity index (χ1) is 14.3. The Bertz CT molecular complexity index is 800. The van der Waals surface area contributed by atoms with E-state index >= 15 is 0 Å². The smallest absolute Gasteiger partial charge is 0.322 e. The molecule has 2 aromatic carbocycles. The third-order valence-corrected chi connectivity index (χ3v) is 4.71. The molecule has 1 unspecified atom stereocenters. The molecule has 0 aliphatic rings. The second kappa shape index (κ2) is 11.1. The summed E-state index contributed by atoms with van der Waals surface area (Å²) >= 11 is 0. The molecule has 0 radical (unpaired) electrons. The van der Waals surface area contributed by atoms with Gasteiger partial charge in [-0.1, -0.05) is 74.5 Å². The van der Waals surface area contributed by atoms with Crippen LogP contribution in [0.25, 0.3) is 0 Å². The highest BCUT2D eigenvalue weighted by Gasteiger charge is 2.29. The average Bonchev–Trinajstić information content (AvgIpc) is 2.71. The number of carbonyl (C=O) groups is 3. The quantitative estimate of drug-likeness (QED) is 0.451. The summed E-state index contributed by atoms with van der Waals surface area (Å²) in [6, 6.07) is 16.2. The molecular formula is C23H28N2O5. The summed E-state index contributed by atoms with van der Waals surface area (Å²) < 4.78 is 0. The van der Waals surface area contributed by atoms with E-state index in [1.165, 1.54) is 0 Å². The molecule has 1 amide bonds. The Morgan fingerprint density at radius 1 is 0.800 bits per heavy atom. The van der Waals surface area contributed by atoms with Crippen LogP contribution in [-0.2, 0) is 14.4 Å². The summed E-state index contributed by atoms with van der Waals surface area (Å²) in [5.41, 5.74) is 1.56. The van der Waals surface area contributed by atoms with Crippen molar-refractivity contribution < 1.29 is 24.6 Å². The minimum atomic E-state index is -1.22. The van der Waals surface area contributed by atoms with Crippen molar-refractivity contribution in [2.24, 2.45) is 5.92 Å². The molecule has 0 fully saturated rings. The number of rotatable bonds is 11. The molecule has 160 valence electrons. The molecule has 2 aromatic rings. The van der Waals surface area contributed by atoms with Gasteiger partial charge in [0.2, 0.25) is 5.91 Å². The van der Waals surface area contributed by atoms with Crippen LogP contribution in [0.5, 0.6) is 0 Å². The fourth-order valence-corrected chi connectivity index (χ4v) is 3.26. The van der Waals surface area contributed by atoms with Crippen molar-refractivity contribution in [3.8, 4) is 0 Å². The minimum Gasteiger partial charge on any atom is -0.480 e. The topological polar surface area (TPSA) is 116 Å². The molecule has 7 heteroatoms. The van der Waals surface area contributed by atoms with Gasteiger partial charge >= 0.3 is 11.9 Å². The monoisotopic (exact) mass is 412 g/mol. The van der Waals surface area contributed by atoms with Crippen molar-refractivity contribution in [1.29, 1.82) is 0 Å². The number of carbonyl (C=O) groups excluding carboxylic acids is 1. The van der Waals surface area contributed by atoms with E-state index in [1.54, 1.807) is 0 Å². The van der Waals surface area contributed by atoms with E-state index in [2.05, 4.69) is 10.6 Å². The number of carboxylic acids is 2. The number of carboxylic acid groups (broad SMARTS) is 2. The van der Waals surface area contributed by atoms with Gasteiger partial charge in [-0.25, -0.2) is 0 Å². The van der Waals surface area contributed by atoms with Crippen LogP contribution in [0.2, 0.25) is 0 Å². The van der Waals surface area contributed by atoms with Gasteiger partial charge < -0.3 is 15.5 Å². The van der Waals surface area contributed by atoms with Crippen molar-refractivity contribution in [2.75, 3.05) is 6.54 Å². The third kappa shape index (κ3) is 6.70. The molecule has 0 aliphatic heterocycles. The van der Waals surface area contributed by atoms with Gasteiger partial charge in [-0.15, -0.1) is 0 Å². The maximum atomic E-state index is 13.0. The van der Waals surface area contributed by atoms with Crippen molar-refractivity contribution in [2.45, 2.75) is 38.3 Å². The normalized spacial score (nSPS) is 13.1. The van der Waals surface area contributed by atoms with Crippen molar-refractivity contribution in [1.82, 2.24) is 10.6 Å². The molecule has 0 bridgehead atoms. The summed E-state index contributed by atoms with van der Waals surface area (Å²) in [6.45, 7) is 3.49. The Morgan fingerprint density at radius 2 is 1.27 bits per heavy atom. The van der Waals surface area contributed by atoms with Gasteiger partial charge in [-0.2, -0.15) is 0 Å². The lowest BCUT2D eigenvalue weighted by Gasteiger charge is -2.23. The molecule has 4 N–H and O–H groups in total. The van der Waals surface area contributed by atoms with E-state index in [4.69, 9.17) is 0 Å². The second-order valence-electron chi connectivity index (χ2n) is 7.58. The number of hydrogen-bond donors (Lipinski definition) is 4. The van der Waals surface area contributed by atoms with Gasteiger partial charge in [0.1, 0.15) is 12.1 Å². The number of nitrogens with one attached hydrogen (secondary N) is 2. The zero-order valence-corrected chi connectivity index (χ0v) is 17.1. The fourth-order valence-electron chi connectivity index (χ4n) is 3.26. The molecular weight excluding hydrogens is 384 g/mol. The van der Waals surface area contributed by atoms with Crippen LogP contribution >= 0.6 is 0 Å². The summed E-state index contributed by atoms with van der Waals surface area (Å²) in [7, 11) is 0. The van der Waals surface area contributed by atoms with Crippen LogP contribution in [0.15, 0.2) is 60.7 Å². The van der Waals surface area contributed by atoms with Crippen molar-refractivity contribution in [3.63, 3.8) is 0 Å². The molecule has 0 saturated carbocycles. The summed E-state index contributed by atoms with van der Waals surface area (Å²) in [6.07, 6.45) is 0.281. The molecule has 0 aromatic heterocycles. The highest BCUT2D eigenvalue weighted by atomic mass is 16.4. The van der Waals surface area contributed by atoms with E-state index in [1.807, 2.05) is 74.5 Å². The highest BCUT2D eigenvalue weighted by Crippen LogP contribution is 2.24. The van der Waals surface area contributed by atoms with E-state index in [0.717, 1.165) is 11.1 Å². The summed E-state index contributed by atoms with van der Waals surface area (Å²) in [5, 5.41) is 24.2. The van der Waals surface area contributed by atoms with E-state index in [9.17, 15) is 24.6 Å². The first kappa shape index (κ1) is 23.1. The van der Waals surface area contributed by atoms with Crippen LogP contribution < -0.4 is 10.6 Å². The molecule has 30 heavy (non-hydrogen) atoms. The minimum absolute atomic E-state index is 0.0724. The van der Waals surface area contributed by atoms with Crippen LogP contribution in [0.3, 0.4) is 0 Å². The Labute approximate surface area is 176 Å². The van der Waals surface area contributed by atoms with E-state index in [0.29, 0.717) is 0 Å². The van der Waals surface area contributed by atoms with Crippen LogP contribution in [0.4, 0.5) is 0 Å². The molecule has 2 rings (SSSR count). The number of benzene rings is 2. The molecule has 0 saturated heterocycles. The summed E-state index contributed by atoms with van der Waals surface area (Å²) in [4.78, 5) is 36.1. The highest BCUT2D eigenvalue weighted by molar-refractivity contribution is 5.88. The first-order valence-corrected chi connectivity index (χ1v) is 9.88. The number of hydrogen-bond acceptors (Lipinski definition) is 4. The SMILES string of the molecule is CC(C)C[C@H](NC(CNC(=O)C(c1ccccc1)c1ccccc1)C(=O)O)C(=O)O. The largest absolute Gasteiger partial charge is 0.480 e. The lowest BCUT2D eigenvalue weighted by molar-refractivity contribution is -0.142. The summed E-state index contributed by atoms with van der Waals surface area (Å²) in [5.74, 6) is -3.22. The predicted octanol–water partition coefficient (Wildman–Crippen LogP) is 2.48. The Kier molecular flexibility index (Phi) is 8.55. The third-order valence-electron chi connectivity index (χ3n) is 4.71. The molecule has 2 atom stereocenters. The average molecular weight is 412 g/mol. The van der Waals surface area contributed by atoms with Gasteiger partial charge in [-0.3, -0.25) is 19.7 Å². The van der Waals surface area contributed by atoms with Gasteiger partial charge in [0.25, 0.3) is 0 Å². The Balaban J connectivity index is 2.15. The van der Waals surface area contributed by atoms with Gasteiger partial charge in [-0.05, 0) is 23.5 Å². The zero-order chi connectivity index (χ0) is 22.1. The molecule has 7 nitrogen and oxygen atoms in total. The Morgan fingerprint density at radius 3 is 1.67 bits per heavy atom. The fraction of sp³-hybridized carbons (Fsp3) is 0.348. The molecule has 0 aliphatic carbocycles. The second-order valence-corrected chi connectivity index (χ2v) is 7.58. The van der Waals surface area contributed by atoms with E-state index in [-0.39, 0.29) is 24.8 Å². The maximum Gasteiger partial charge on any atom is 0.322 e. The van der Waals surface area contributed by atoms with Crippen LogP contribution in [0.1, 0.15) is 37.3 Å². The van der Waals surface area contributed by atoms with Crippen molar-refractivity contribution in [3.05, 3.63) is 71.8 Å². The van der Waals surface area contributed by atoms with Crippen LogP contribution in [-0.4, -0.2) is 46.7 Å². The number of aliphatic carboxylic acids is 2.